The molecule has 6 nitrogen and oxygen atoms in total. The molecule has 1 fully saturated rings. The Hall–Kier alpha value is -1.40. The number of nitrogens with one attached hydrogen (secondary N) is 1. The monoisotopic (exact) mass is 239 g/mol. The zero-order valence-corrected chi connectivity index (χ0v) is 9.94. The van der Waals surface area contributed by atoms with E-state index in [1.54, 1.807) is 6.92 Å². The number of aryl methyl sites for hydroxylation is 1. The van der Waals surface area contributed by atoms with Crippen molar-refractivity contribution in [2.24, 2.45) is 0 Å². The summed E-state index contributed by atoms with van der Waals surface area (Å²) in [7, 11) is 0. The van der Waals surface area contributed by atoms with Crippen LogP contribution in [0.3, 0.4) is 0 Å². The Bertz CT molecular complexity index is 372. The minimum absolute atomic E-state index is 0.209. The summed E-state index contributed by atoms with van der Waals surface area (Å²) in [4.78, 5) is 17.8. The Morgan fingerprint density at radius 3 is 2.94 bits per heavy atom. The largest absolute Gasteiger partial charge is 0.436 e. The Morgan fingerprint density at radius 1 is 1.53 bits per heavy atom. The van der Waals surface area contributed by atoms with Crippen molar-refractivity contribution in [3.8, 4) is 0 Å². The van der Waals surface area contributed by atoms with Crippen LogP contribution in [0.1, 0.15) is 16.4 Å². The molecule has 1 aromatic heterocycles. The van der Waals surface area contributed by atoms with Crippen LogP contribution in [0.15, 0.2) is 10.6 Å². The summed E-state index contributed by atoms with van der Waals surface area (Å²) >= 11 is 0. The molecule has 0 aliphatic carbocycles. The lowest BCUT2D eigenvalue weighted by Gasteiger charge is -2.26. The molecule has 17 heavy (non-hydrogen) atoms. The molecule has 0 unspecified atom stereocenters. The van der Waals surface area contributed by atoms with Crippen LogP contribution in [0.4, 0.5) is 0 Å². The first kappa shape index (κ1) is 12.1. The minimum Gasteiger partial charge on any atom is -0.436 e. The van der Waals surface area contributed by atoms with Crippen LogP contribution in [-0.4, -0.2) is 55.2 Å². The summed E-state index contributed by atoms with van der Waals surface area (Å²) in [6.07, 6.45) is 1.44. The van der Waals surface area contributed by atoms with Crippen LogP contribution < -0.4 is 5.32 Å². The summed E-state index contributed by atoms with van der Waals surface area (Å²) in [5.41, 5.74) is 0. The molecule has 6 heteroatoms. The van der Waals surface area contributed by atoms with E-state index in [1.165, 1.54) is 6.20 Å². The lowest BCUT2D eigenvalue weighted by Crippen LogP contribution is -2.41. The van der Waals surface area contributed by atoms with E-state index in [-0.39, 0.29) is 11.7 Å². The summed E-state index contributed by atoms with van der Waals surface area (Å²) in [6.45, 7) is 6.56. The van der Waals surface area contributed by atoms with Gasteiger partial charge in [0.25, 0.3) is 5.91 Å². The number of oxazole rings is 1. The van der Waals surface area contributed by atoms with Gasteiger partial charge in [-0.05, 0) is 0 Å². The van der Waals surface area contributed by atoms with E-state index in [4.69, 9.17) is 9.15 Å². The molecule has 0 radical (unpaired) electrons. The van der Waals surface area contributed by atoms with Crippen LogP contribution in [0.2, 0.25) is 0 Å². The topological polar surface area (TPSA) is 67.6 Å². The second kappa shape index (κ2) is 5.79. The molecule has 1 aromatic rings. The van der Waals surface area contributed by atoms with Crippen LogP contribution in [0, 0.1) is 6.92 Å². The maximum absolute atomic E-state index is 11.6. The van der Waals surface area contributed by atoms with Gasteiger partial charge in [-0.15, -0.1) is 0 Å². The second-order valence-electron chi connectivity index (χ2n) is 3.95. The van der Waals surface area contributed by atoms with Gasteiger partial charge in [0.2, 0.25) is 5.76 Å². The van der Waals surface area contributed by atoms with Gasteiger partial charge in [0.05, 0.1) is 19.4 Å². The number of amides is 1. The van der Waals surface area contributed by atoms with Crippen LogP contribution in [0.25, 0.3) is 0 Å². The average molecular weight is 239 g/mol. The van der Waals surface area contributed by atoms with Crippen LogP contribution >= 0.6 is 0 Å². The first-order chi connectivity index (χ1) is 8.25. The summed E-state index contributed by atoms with van der Waals surface area (Å²) < 4.78 is 10.4. The molecule has 1 saturated heterocycles. The van der Waals surface area contributed by atoms with E-state index in [2.05, 4.69) is 15.2 Å². The zero-order valence-electron chi connectivity index (χ0n) is 9.94. The van der Waals surface area contributed by atoms with E-state index >= 15 is 0 Å². The predicted molar refractivity (Wildman–Crippen MR) is 60.8 cm³/mol. The van der Waals surface area contributed by atoms with Crippen molar-refractivity contribution in [2.75, 3.05) is 39.4 Å². The van der Waals surface area contributed by atoms with E-state index in [0.717, 1.165) is 32.8 Å². The smallest absolute Gasteiger partial charge is 0.288 e. The number of ether oxygens (including phenoxy) is 1. The standard InChI is InChI=1S/C11H17N3O3/c1-9-13-8-10(17-9)11(15)12-2-3-14-4-6-16-7-5-14/h8H,2-7H2,1H3,(H,12,15). The highest BCUT2D eigenvalue weighted by molar-refractivity contribution is 5.91. The molecule has 2 heterocycles. The number of carbonyl (C=O) groups is 1. The van der Waals surface area contributed by atoms with Gasteiger partial charge in [0.1, 0.15) is 0 Å². The highest BCUT2D eigenvalue weighted by atomic mass is 16.5. The van der Waals surface area contributed by atoms with Gasteiger partial charge in [-0.3, -0.25) is 9.69 Å². The second-order valence-corrected chi connectivity index (χ2v) is 3.95. The SMILES string of the molecule is Cc1ncc(C(=O)NCCN2CCOCC2)o1. The molecule has 0 atom stereocenters. The third-order valence-electron chi connectivity index (χ3n) is 2.66. The highest BCUT2D eigenvalue weighted by Gasteiger charge is 2.12. The van der Waals surface area contributed by atoms with Crippen molar-refractivity contribution in [1.29, 1.82) is 0 Å². The number of nitrogens with zero attached hydrogens (tertiary/aromatic N) is 2. The molecular weight excluding hydrogens is 222 g/mol. The Balaban J connectivity index is 1.69. The molecule has 0 spiro atoms. The number of carbonyl (C=O) groups excluding carboxylic acids is 1. The first-order valence-corrected chi connectivity index (χ1v) is 5.76. The first-order valence-electron chi connectivity index (χ1n) is 5.76. The quantitative estimate of drug-likeness (QED) is 0.803. The number of aromatic nitrogens is 1. The van der Waals surface area contributed by atoms with Crippen molar-refractivity contribution < 1.29 is 13.9 Å². The highest BCUT2D eigenvalue weighted by Crippen LogP contribution is 2.01. The van der Waals surface area contributed by atoms with Gasteiger partial charge < -0.3 is 14.5 Å². The number of hydrogen-bond acceptors (Lipinski definition) is 5. The van der Waals surface area contributed by atoms with Crippen LogP contribution in [-0.2, 0) is 4.74 Å². The van der Waals surface area contributed by atoms with Gasteiger partial charge in [-0.2, -0.15) is 0 Å². The van der Waals surface area contributed by atoms with E-state index in [1.807, 2.05) is 0 Å². The fraction of sp³-hybridized carbons (Fsp3) is 0.636. The summed E-state index contributed by atoms with van der Waals surface area (Å²) in [5, 5.41) is 2.80. The van der Waals surface area contributed by atoms with Gasteiger partial charge in [0, 0.05) is 33.1 Å². The van der Waals surface area contributed by atoms with E-state index in [9.17, 15) is 4.79 Å². The predicted octanol–water partition coefficient (Wildman–Crippen LogP) is 0.0450. The molecule has 1 N–H and O–H groups in total. The lowest BCUT2D eigenvalue weighted by molar-refractivity contribution is 0.0382. The number of rotatable bonds is 4. The Morgan fingerprint density at radius 2 is 2.29 bits per heavy atom. The fourth-order valence-electron chi connectivity index (χ4n) is 1.71. The summed E-state index contributed by atoms with van der Waals surface area (Å²) in [5.74, 6) is 0.562. The van der Waals surface area contributed by atoms with Crippen molar-refractivity contribution in [3.63, 3.8) is 0 Å². The third-order valence-corrected chi connectivity index (χ3v) is 2.66. The molecule has 0 bridgehead atoms. The molecule has 1 aliphatic rings. The maximum atomic E-state index is 11.6. The normalized spacial score (nSPS) is 17.0. The van der Waals surface area contributed by atoms with Gasteiger partial charge in [0.15, 0.2) is 5.89 Å². The lowest BCUT2D eigenvalue weighted by atomic mass is 10.4. The van der Waals surface area contributed by atoms with Gasteiger partial charge >= 0.3 is 0 Å². The van der Waals surface area contributed by atoms with Crippen molar-refractivity contribution in [3.05, 3.63) is 17.8 Å². The van der Waals surface area contributed by atoms with Crippen molar-refractivity contribution in [2.45, 2.75) is 6.92 Å². The average Bonchev–Trinajstić information content (AvgIpc) is 2.77. The van der Waals surface area contributed by atoms with E-state index in [0.29, 0.717) is 12.4 Å². The molecule has 1 aliphatic heterocycles. The minimum atomic E-state index is -0.209. The molecule has 0 saturated carbocycles. The molecule has 0 aromatic carbocycles. The molecular formula is C11H17N3O3. The zero-order chi connectivity index (χ0) is 12.1. The Kier molecular flexibility index (Phi) is 4.11. The van der Waals surface area contributed by atoms with Crippen LogP contribution in [0.5, 0.6) is 0 Å². The van der Waals surface area contributed by atoms with Gasteiger partial charge in [-0.1, -0.05) is 0 Å². The van der Waals surface area contributed by atoms with Crippen molar-refractivity contribution >= 4 is 5.91 Å². The number of morpholine rings is 1. The van der Waals surface area contributed by atoms with E-state index < -0.39 is 0 Å². The van der Waals surface area contributed by atoms with Crippen molar-refractivity contribution in [1.82, 2.24) is 15.2 Å². The fourth-order valence-corrected chi connectivity index (χ4v) is 1.71. The molecule has 2 rings (SSSR count). The number of hydrogen-bond donors (Lipinski definition) is 1. The molecule has 1 amide bonds. The molecule has 94 valence electrons. The maximum Gasteiger partial charge on any atom is 0.288 e. The van der Waals surface area contributed by atoms with Gasteiger partial charge in [-0.25, -0.2) is 4.98 Å². The Labute approximate surface area is 99.9 Å². The summed E-state index contributed by atoms with van der Waals surface area (Å²) in [6, 6.07) is 0. The third kappa shape index (κ3) is 3.54.